The van der Waals surface area contributed by atoms with Gasteiger partial charge in [0.05, 0.1) is 8.07 Å². The monoisotopic (exact) mass is 249 g/mol. The van der Waals surface area contributed by atoms with Crippen molar-refractivity contribution in [3.63, 3.8) is 0 Å². The van der Waals surface area contributed by atoms with E-state index >= 15 is 0 Å². The largest absolute Gasteiger partial charge is 0.296 e. The van der Waals surface area contributed by atoms with Crippen LogP contribution in [0.5, 0.6) is 0 Å². The molecule has 2 aliphatic rings. The second-order valence-corrected chi connectivity index (χ2v) is 11.6. The van der Waals surface area contributed by atoms with Crippen LogP contribution in [0.2, 0.25) is 19.6 Å². The second kappa shape index (κ2) is 5.11. The number of fused-ring (bicyclic) bond motifs is 1. The maximum absolute atomic E-state index is 2.70. The minimum atomic E-state index is -1.07. The molecule has 0 aromatic carbocycles. The van der Waals surface area contributed by atoms with Gasteiger partial charge in [0.1, 0.15) is 0 Å². The van der Waals surface area contributed by atoms with Gasteiger partial charge >= 0.3 is 0 Å². The van der Waals surface area contributed by atoms with Crippen LogP contribution < -0.4 is 0 Å². The third-order valence-electron chi connectivity index (χ3n) is 3.84. The van der Waals surface area contributed by atoms with Crippen molar-refractivity contribution in [2.75, 3.05) is 13.1 Å². The molecule has 2 saturated heterocycles. The topological polar surface area (TPSA) is 3.24 Å². The van der Waals surface area contributed by atoms with E-state index in [0.717, 1.165) is 12.0 Å². The molecule has 2 atom stereocenters. The Balaban J connectivity index is 2.20. The van der Waals surface area contributed by atoms with E-state index in [1.54, 1.807) is 5.57 Å². The average molecular weight is 249 g/mol. The molecule has 0 N–H and O–H groups in total. The van der Waals surface area contributed by atoms with Gasteiger partial charge in [-0.25, -0.2) is 0 Å². The van der Waals surface area contributed by atoms with E-state index in [-0.39, 0.29) is 0 Å². The molecule has 96 valence electrons. The number of rotatable bonds is 3. The molecule has 0 amide bonds. The average Bonchev–Trinajstić information content (AvgIpc) is 2.73. The zero-order valence-electron chi connectivity index (χ0n) is 11.9. The zero-order valence-corrected chi connectivity index (χ0v) is 12.9. The van der Waals surface area contributed by atoms with E-state index in [1.807, 2.05) is 0 Å². The quantitative estimate of drug-likeness (QED) is 0.542. The van der Waals surface area contributed by atoms with Gasteiger partial charge in [0.15, 0.2) is 0 Å². The van der Waals surface area contributed by atoms with Crippen molar-refractivity contribution < 1.29 is 0 Å². The summed E-state index contributed by atoms with van der Waals surface area (Å²) in [6, 6.07) is 0.820. The zero-order chi connectivity index (χ0) is 12.5. The van der Waals surface area contributed by atoms with Gasteiger partial charge in [0.25, 0.3) is 0 Å². The van der Waals surface area contributed by atoms with Crippen LogP contribution in [0.3, 0.4) is 0 Å². The van der Waals surface area contributed by atoms with Gasteiger partial charge in [0.2, 0.25) is 0 Å². The van der Waals surface area contributed by atoms with Crippen molar-refractivity contribution in [2.45, 2.75) is 51.9 Å². The Morgan fingerprint density at radius 1 is 1.35 bits per heavy atom. The Bertz CT molecular complexity index is 324. The summed E-state index contributed by atoms with van der Waals surface area (Å²) in [5.74, 6) is 0.726. The van der Waals surface area contributed by atoms with Crippen LogP contribution in [-0.4, -0.2) is 32.1 Å². The molecule has 0 aromatic rings. The highest BCUT2D eigenvalue weighted by Gasteiger charge is 2.39. The van der Waals surface area contributed by atoms with Crippen molar-refractivity contribution in [3.8, 4) is 0 Å². The van der Waals surface area contributed by atoms with Crippen LogP contribution in [0.1, 0.15) is 26.2 Å². The Morgan fingerprint density at radius 2 is 2.12 bits per heavy atom. The van der Waals surface area contributed by atoms with E-state index < -0.39 is 8.07 Å². The first kappa shape index (κ1) is 13.1. The first-order valence-corrected chi connectivity index (χ1v) is 10.7. The highest BCUT2D eigenvalue weighted by atomic mass is 28.3. The van der Waals surface area contributed by atoms with Gasteiger partial charge in [0, 0.05) is 18.5 Å². The Labute approximate surface area is 108 Å². The van der Waals surface area contributed by atoms with Gasteiger partial charge in [-0.05, 0) is 25.8 Å². The minimum Gasteiger partial charge on any atom is -0.296 e. The van der Waals surface area contributed by atoms with Crippen LogP contribution in [-0.2, 0) is 0 Å². The van der Waals surface area contributed by atoms with Crippen molar-refractivity contribution in [2.24, 2.45) is 5.92 Å². The van der Waals surface area contributed by atoms with Crippen molar-refractivity contribution >= 4 is 8.07 Å². The molecule has 0 aliphatic carbocycles. The summed E-state index contributed by atoms with van der Waals surface area (Å²) < 4.78 is 0. The van der Waals surface area contributed by atoms with Crippen LogP contribution in [0, 0.1) is 5.92 Å². The number of hydrogen-bond donors (Lipinski definition) is 0. The SMILES string of the molecule is CC/C=C/[C@H]1/C(=C/[Si](C)(C)C)CN2CCC[C@H]12. The highest BCUT2D eigenvalue weighted by Crippen LogP contribution is 2.37. The number of hydrogen-bond acceptors (Lipinski definition) is 1. The normalized spacial score (nSPS) is 32.8. The van der Waals surface area contributed by atoms with Crippen molar-refractivity contribution in [1.29, 1.82) is 0 Å². The fourth-order valence-electron chi connectivity index (χ4n) is 3.27. The van der Waals surface area contributed by atoms with Gasteiger partial charge in [-0.15, -0.1) is 0 Å². The molecule has 0 saturated carbocycles. The van der Waals surface area contributed by atoms with Crippen LogP contribution in [0.25, 0.3) is 0 Å². The number of nitrogens with zero attached hydrogens (tertiary/aromatic N) is 1. The van der Waals surface area contributed by atoms with Crippen LogP contribution >= 0.6 is 0 Å². The predicted molar refractivity (Wildman–Crippen MR) is 78.9 cm³/mol. The first-order chi connectivity index (χ1) is 8.01. The molecule has 0 aromatic heterocycles. The lowest BCUT2D eigenvalue weighted by Gasteiger charge is -2.18. The molecule has 2 heterocycles. The maximum Gasteiger partial charge on any atom is 0.0687 e. The van der Waals surface area contributed by atoms with E-state index in [9.17, 15) is 0 Å². The maximum atomic E-state index is 2.70. The molecule has 17 heavy (non-hydrogen) atoms. The summed E-state index contributed by atoms with van der Waals surface area (Å²) in [5.41, 5.74) is 4.37. The molecule has 0 unspecified atom stereocenters. The fourth-order valence-corrected chi connectivity index (χ4v) is 4.67. The Hall–Kier alpha value is -0.343. The third-order valence-corrected chi connectivity index (χ3v) is 5.08. The molecular formula is C15H27NSi. The third kappa shape index (κ3) is 3.11. The summed E-state index contributed by atoms with van der Waals surface area (Å²) in [5, 5.41) is 0. The number of allylic oxidation sites excluding steroid dienone is 1. The molecule has 0 bridgehead atoms. The molecule has 2 fully saturated rings. The molecule has 2 rings (SSSR count). The standard InChI is InChI=1S/C15H27NSi/c1-5-6-8-14-13(12-17(2,3)4)11-16-10-7-9-15(14)16/h6,8,12,14-15H,5,7,9-11H2,1-4H3/b8-6+,13-12+/t14-,15+/m0/s1. The summed E-state index contributed by atoms with van der Waals surface area (Å²) >= 11 is 0. The van der Waals surface area contributed by atoms with Crippen molar-refractivity contribution in [3.05, 3.63) is 23.4 Å². The summed E-state index contributed by atoms with van der Waals surface area (Å²) in [7, 11) is -1.07. The minimum absolute atomic E-state index is 0.726. The van der Waals surface area contributed by atoms with Crippen LogP contribution in [0.15, 0.2) is 23.4 Å². The van der Waals surface area contributed by atoms with Gasteiger partial charge in [-0.1, -0.05) is 50.0 Å². The lowest BCUT2D eigenvalue weighted by atomic mass is 9.94. The van der Waals surface area contributed by atoms with E-state index in [1.165, 1.54) is 32.4 Å². The first-order valence-electron chi connectivity index (χ1n) is 7.13. The molecule has 0 radical (unpaired) electrons. The lowest BCUT2D eigenvalue weighted by molar-refractivity contribution is 0.308. The van der Waals surface area contributed by atoms with Gasteiger partial charge < -0.3 is 0 Å². The second-order valence-electron chi connectivity index (χ2n) is 6.63. The van der Waals surface area contributed by atoms with Crippen LogP contribution in [0.4, 0.5) is 0 Å². The lowest BCUT2D eigenvalue weighted by Crippen LogP contribution is -2.25. The van der Waals surface area contributed by atoms with Gasteiger partial charge in [-0.3, -0.25) is 4.90 Å². The highest BCUT2D eigenvalue weighted by molar-refractivity contribution is 6.81. The molecular weight excluding hydrogens is 222 g/mol. The molecule has 2 heteroatoms. The van der Waals surface area contributed by atoms with E-state index in [4.69, 9.17) is 0 Å². The summed E-state index contributed by atoms with van der Waals surface area (Å²) in [4.78, 5) is 2.70. The Kier molecular flexibility index (Phi) is 3.94. The van der Waals surface area contributed by atoms with Crippen molar-refractivity contribution in [1.82, 2.24) is 4.90 Å². The molecule has 1 nitrogen and oxygen atoms in total. The summed E-state index contributed by atoms with van der Waals surface area (Å²) in [6.07, 6.45) is 8.83. The summed E-state index contributed by atoms with van der Waals surface area (Å²) in [6.45, 7) is 12.1. The fraction of sp³-hybridized carbons (Fsp3) is 0.733. The van der Waals surface area contributed by atoms with E-state index in [0.29, 0.717) is 0 Å². The smallest absolute Gasteiger partial charge is 0.0687 e. The van der Waals surface area contributed by atoms with E-state index in [2.05, 4.69) is 49.3 Å². The Morgan fingerprint density at radius 3 is 2.76 bits per heavy atom. The molecule has 0 spiro atoms. The van der Waals surface area contributed by atoms with Gasteiger partial charge in [-0.2, -0.15) is 0 Å². The molecule has 2 aliphatic heterocycles. The predicted octanol–water partition coefficient (Wildman–Crippen LogP) is 3.85.